The van der Waals surface area contributed by atoms with Gasteiger partial charge in [-0.15, -0.1) is 0 Å². The molecule has 0 radical (unpaired) electrons. The molecule has 0 fully saturated rings. The smallest absolute Gasteiger partial charge is 0.264 e. The lowest BCUT2D eigenvalue weighted by atomic mass is 10.1. The molecule has 158 valence electrons. The second-order valence-electron chi connectivity index (χ2n) is 6.13. The highest BCUT2D eigenvalue weighted by Gasteiger charge is 2.18. The first-order valence-electron chi connectivity index (χ1n) is 9.14. The zero-order valence-electron chi connectivity index (χ0n) is 16.3. The van der Waals surface area contributed by atoms with Crippen LogP contribution in [0.2, 0.25) is 0 Å². The first-order chi connectivity index (χ1) is 13.9. The Morgan fingerprint density at radius 1 is 0.897 bits per heavy atom. The van der Waals surface area contributed by atoms with Crippen molar-refractivity contribution in [3.63, 3.8) is 0 Å². The molecule has 0 aliphatic heterocycles. The fourth-order valence-corrected chi connectivity index (χ4v) is 3.26. The van der Waals surface area contributed by atoms with E-state index in [4.69, 9.17) is 19.9 Å². The molecule has 0 spiro atoms. The molecule has 2 aromatic carbocycles. The molecule has 0 saturated carbocycles. The molecule has 0 heterocycles. The van der Waals surface area contributed by atoms with Crippen LogP contribution in [0.3, 0.4) is 0 Å². The Morgan fingerprint density at radius 3 is 2.10 bits per heavy atom. The number of rotatable bonds is 12. The van der Waals surface area contributed by atoms with E-state index in [0.717, 1.165) is 5.56 Å². The van der Waals surface area contributed by atoms with Gasteiger partial charge < -0.3 is 19.9 Å². The highest BCUT2D eigenvalue weighted by Crippen LogP contribution is 2.16. The fraction of sp³-hybridized carbons (Fsp3) is 0.350. The molecule has 3 N–H and O–H groups in total. The van der Waals surface area contributed by atoms with Gasteiger partial charge in [0.05, 0.1) is 31.3 Å². The second-order valence-corrected chi connectivity index (χ2v) is 7.82. The molecule has 8 nitrogen and oxygen atoms in total. The van der Waals surface area contributed by atoms with Gasteiger partial charge in [-0.2, -0.15) is 0 Å². The second kappa shape index (κ2) is 11.5. The van der Waals surface area contributed by atoms with Gasteiger partial charge in [-0.1, -0.05) is 17.7 Å². The Labute approximate surface area is 171 Å². The van der Waals surface area contributed by atoms with Crippen molar-refractivity contribution in [1.29, 1.82) is 0 Å². The summed E-state index contributed by atoms with van der Waals surface area (Å²) in [6.07, 6.45) is 0. The van der Waals surface area contributed by atoms with E-state index in [-0.39, 0.29) is 10.5 Å². The zero-order valence-corrected chi connectivity index (χ0v) is 17.1. The van der Waals surface area contributed by atoms with E-state index >= 15 is 0 Å². The van der Waals surface area contributed by atoms with Crippen LogP contribution in [-0.4, -0.2) is 53.9 Å². The van der Waals surface area contributed by atoms with Crippen LogP contribution in [-0.2, 0) is 19.5 Å². The summed E-state index contributed by atoms with van der Waals surface area (Å²) in [6.45, 7) is 4.46. The van der Waals surface area contributed by atoms with Crippen molar-refractivity contribution in [3.05, 3.63) is 59.7 Å². The Hall–Kier alpha value is -2.46. The van der Waals surface area contributed by atoms with Crippen LogP contribution in [0, 0.1) is 6.92 Å². The van der Waals surface area contributed by atoms with Gasteiger partial charge in [0.25, 0.3) is 15.9 Å². The van der Waals surface area contributed by atoms with Crippen LogP contribution in [0.5, 0.6) is 5.75 Å². The number of nitrogens with one attached hydrogen (secondary N) is 1. The molecule has 0 atom stereocenters. The average Bonchev–Trinajstić information content (AvgIpc) is 2.70. The first kappa shape index (κ1) is 22.8. The third-order valence-corrected chi connectivity index (χ3v) is 5.15. The molecule has 2 aromatic rings. The van der Waals surface area contributed by atoms with Crippen LogP contribution in [0.4, 0.5) is 0 Å². The lowest BCUT2D eigenvalue weighted by molar-refractivity contribution is 0.0388. The number of sulfonamides is 1. The summed E-state index contributed by atoms with van der Waals surface area (Å²) in [5, 5.41) is 0. The van der Waals surface area contributed by atoms with Crippen molar-refractivity contribution in [1.82, 2.24) is 4.72 Å². The minimum Gasteiger partial charge on any atom is -0.491 e. The molecule has 0 aliphatic rings. The van der Waals surface area contributed by atoms with Crippen LogP contribution in [0.1, 0.15) is 15.9 Å². The van der Waals surface area contributed by atoms with Gasteiger partial charge in [0.2, 0.25) is 0 Å². The number of aryl methyl sites for hydroxylation is 1. The van der Waals surface area contributed by atoms with E-state index in [1.807, 2.05) is 6.92 Å². The zero-order chi connectivity index (χ0) is 21.1. The summed E-state index contributed by atoms with van der Waals surface area (Å²) in [7, 11) is -3.98. The summed E-state index contributed by atoms with van der Waals surface area (Å²) < 4.78 is 42.8. The third-order valence-electron chi connectivity index (χ3n) is 3.81. The minimum atomic E-state index is -3.98. The molecule has 9 heteroatoms. The lowest BCUT2D eigenvalue weighted by Crippen LogP contribution is -2.30. The van der Waals surface area contributed by atoms with Gasteiger partial charge in [-0.25, -0.2) is 13.1 Å². The van der Waals surface area contributed by atoms with Gasteiger partial charge in [0.15, 0.2) is 0 Å². The molecule has 0 bridgehead atoms. The number of carbonyl (C=O) groups is 1. The number of carbonyl (C=O) groups excluding carboxylic acids is 1. The maximum atomic E-state index is 12.4. The molecule has 0 aromatic heterocycles. The first-order valence-corrected chi connectivity index (χ1v) is 10.6. The largest absolute Gasteiger partial charge is 0.491 e. The number of amides is 1. The van der Waals surface area contributed by atoms with Gasteiger partial charge >= 0.3 is 0 Å². The Balaban J connectivity index is 1.80. The Kier molecular flexibility index (Phi) is 9.07. The van der Waals surface area contributed by atoms with Crippen LogP contribution < -0.4 is 15.2 Å². The average molecular weight is 423 g/mol. The number of benzene rings is 2. The van der Waals surface area contributed by atoms with Crippen molar-refractivity contribution < 1.29 is 27.4 Å². The van der Waals surface area contributed by atoms with E-state index in [9.17, 15) is 13.2 Å². The molecule has 2 rings (SSSR count). The number of ether oxygens (including phenoxy) is 3. The highest BCUT2D eigenvalue weighted by molar-refractivity contribution is 7.90. The Morgan fingerprint density at radius 2 is 1.48 bits per heavy atom. The van der Waals surface area contributed by atoms with Crippen molar-refractivity contribution in [2.45, 2.75) is 11.8 Å². The SMILES string of the molecule is Cc1ccc(C(=O)NS(=O)(=O)c2ccc(OCCOCCOCCN)cc2)cc1. The summed E-state index contributed by atoms with van der Waals surface area (Å²) in [5.74, 6) is -0.185. The van der Waals surface area contributed by atoms with Gasteiger partial charge in [0.1, 0.15) is 12.4 Å². The van der Waals surface area contributed by atoms with E-state index in [0.29, 0.717) is 45.3 Å². The normalized spacial score (nSPS) is 11.2. The Bertz CT molecular complexity index is 867. The molecule has 1 amide bonds. The van der Waals surface area contributed by atoms with E-state index < -0.39 is 15.9 Å². The summed E-state index contributed by atoms with van der Waals surface area (Å²) >= 11 is 0. The van der Waals surface area contributed by atoms with Crippen molar-refractivity contribution in [2.75, 3.05) is 39.6 Å². The van der Waals surface area contributed by atoms with Gasteiger partial charge in [-0.05, 0) is 43.3 Å². The van der Waals surface area contributed by atoms with Crippen LogP contribution in [0.25, 0.3) is 0 Å². The van der Waals surface area contributed by atoms with E-state index in [1.54, 1.807) is 24.3 Å². The molecule has 29 heavy (non-hydrogen) atoms. The van der Waals surface area contributed by atoms with Gasteiger partial charge in [0, 0.05) is 12.1 Å². The highest BCUT2D eigenvalue weighted by atomic mass is 32.2. The lowest BCUT2D eigenvalue weighted by Gasteiger charge is -2.10. The van der Waals surface area contributed by atoms with E-state index in [2.05, 4.69) is 4.72 Å². The van der Waals surface area contributed by atoms with Gasteiger partial charge in [-0.3, -0.25) is 4.79 Å². The monoisotopic (exact) mass is 422 g/mol. The van der Waals surface area contributed by atoms with Crippen LogP contribution in [0.15, 0.2) is 53.4 Å². The maximum absolute atomic E-state index is 12.4. The standard InChI is InChI=1S/C20H26N2O6S/c1-16-2-4-17(5-3-16)20(23)22-29(24,25)19-8-6-18(7-9-19)28-15-14-27-13-12-26-11-10-21/h2-9H,10-15,21H2,1H3,(H,22,23). The minimum absolute atomic E-state index is 0.0291. The molecular formula is C20H26N2O6S. The molecule has 0 unspecified atom stereocenters. The number of nitrogens with two attached hydrogens (primary N) is 1. The maximum Gasteiger partial charge on any atom is 0.264 e. The predicted molar refractivity (Wildman–Crippen MR) is 108 cm³/mol. The molecule has 0 aliphatic carbocycles. The van der Waals surface area contributed by atoms with E-state index in [1.165, 1.54) is 24.3 Å². The molecule has 0 saturated heterocycles. The van der Waals surface area contributed by atoms with Crippen molar-refractivity contribution in [3.8, 4) is 5.75 Å². The van der Waals surface area contributed by atoms with Crippen LogP contribution >= 0.6 is 0 Å². The summed E-state index contributed by atoms with van der Waals surface area (Å²) in [5.41, 5.74) is 6.55. The topological polar surface area (TPSA) is 117 Å². The quantitative estimate of drug-likeness (QED) is 0.498. The third kappa shape index (κ3) is 7.82. The summed E-state index contributed by atoms with van der Waals surface area (Å²) in [6, 6.07) is 12.4. The predicted octanol–water partition coefficient (Wildman–Crippen LogP) is 1.48. The number of hydrogen-bond acceptors (Lipinski definition) is 7. The fourth-order valence-electron chi connectivity index (χ4n) is 2.28. The summed E-state index contributed by atoms with van der Waals surface area (Å²) in [4.78, 5) is 12.1. The van der Waals surface area contributed by atoms with Crippen molar-refractivity contribution >= 4 is 15.9 Å². The number of hydrogen-bond donors (Lipinski definition) is 2. The molecular weight excluding hydrogens is 396 g/mol. The van der Waals surface area contributed by atoms with Crippen molar-refractivity contribution in [2.24, 2.45) is 5.73 Å².